The number of hydrogen-bond acceptors (Lipinski definition) is 5. The summed E-state index contributed by atoms with van der Waals surface area (Å²) in [7, 11) is 1.77. The van der Waals surface area contributed by atoms with Crippen molar-refractivity contribution in [1.29, 1.82) is 0 Å². The van der Waals surface area contributed by atoms with Crippen LogP contribution in [0.25, 0.3) is 5.69 Å². The van der Waals surface area contributed by atoms with Gasteiger partial charge in [-0.1, -0.05) is 31.2 Å². The molecule has 0 radical (unpaired) electrons. The standard InChI is InChI=1S/C19H24N6O2/c1-5-24(11-15-10-23(4)22-20-15)19(27)18-17(26)12-25(21-18)16-8-6-14(7-9-16)13(2)3/h6-10,12-13,26H,5,11H2,1-4H3. The first-order chi connectivity index (χ1) is 12.9. The molecule has 0 bridgehead atoms. The van der Waals surface area contributed by atoms with Gasteiger partial charge in [-0.25, -0.2) is 4.68 Å². The van der Waals surface area contributed by atoms with Gasteiger partial charge in [0, 0.05) is 19.8 Å². The maximum absolute atomic E-state index is 12.8. The molecule has 142 valence electrons. The van der Waals surface area contributed by atoms with Crippen LogP contribution in [0.1, 0.15) is 48.4 Å². The van der Waals surface area contributed by atoms with Gasteiger partial charge in [-0.2, -0.15) is 5.10 Å². The number of aromatic hydroxyl groups is 1. The summed E-state index contributed by atoms with van der Waals surface area (Å²) in [6.45, 7) is 6.89. The Labute approximate surface area is 158 Å². The van der Waals surface area contributed by atoms with Crippen LogP contribution in [0.2, 0.25) is 0 Å². The normalized spacial score (nSPS) is 11.1. The largest absolute Gasteiger partial charge is 0.504 e. The smallest absolute Gasteiger partial charge is 0.278 e. The van der Waals surface area contributed by atoms with E-state index in [9.17, 15) is 9.90 Å². The summed E-state index contributed by atoms with van der Waals surface area (Å²) in [6, 6.07) is 7.89. The maximum atomic E-state index is 12.8. The molecular weight excluding hydrogens is 344 g/mol. The average Bonchev–Trinajstić information content (AvgIpc) is 3.24. The molecular formula is C19H24N6O2. The van der Waals surface area contributed by atoms with Gasteiger partial charge in [0.1, 0.15) is 5.69 Å². The Hall–Kier alpha value is -3.16. The molecule has 1 amide bonds. The fourth-order valence-corrected chi connectivity index (χ4v) is 2.80. The molecule has 0 unspecified atom stereocenters. The lowest BCUT2D eigenvalue weighted by atomic mass is 10.0. The van der Waals surface area contributed by atoms with Crippen molar-refractivity contribution in [2.24, 2.45) is 7.05 Å². The molecule has 2 aromatic heterocycles. The first kappa shape index (κ1) is 18.6. The van der Waals surface area contributed by atoms with Crippen molar-refractivity contribution in [3.05, 3.63) is 53.6 Å². The van der Waals surface area contributed by atoms with E-state index in [4.69, 9.17) is 0 Å². The van der Waals surface area contributed by atoms with Crippen molar-refractivity contribution < 1.29 is 9.90 Å². The van der Waals surface area contributed by atoms with E-state index in [1.807, 2.05) is 31.2 Å². The number of carbonyl (C=O) groups excluding carboxylic acids is 1. The quantitative estimate of drug-likeness (QED) is 0.722. The molecule has 8 nitrogen and oxygen atoms in total. The zero-order chi connectivity index (χ0) is 19.6. The van der Waals surface area contributed by atoms with Crippen molar-refractivity contribution >= 4 is 5.91 Å². The molecule has 3 rings (SSSR count). The average molecular weight is 368 g/mol. The summed E-state index contributed by atoms with van der Waals surface area (Å²) < 4.78 is 3.10. The molecule has 1 N–H and O–H groups in total. The van der Waals surface area contributed by atoms with Crippen LogP contribution < -0.4 is 0 Å². The van der Waals surface area contributed by atoms with Crippen LogP contribution in [0.4, 0.5) is 0 Å². The first-order valence-electron chi connectivity index (χ1n) is 8.92. The van der Waals surface area contributed by atoms with Gasteiger partial charge in [0.05, 0.1) is 18.4 Å². The van der Waals surface area contributed by atoms with Gasteiger partial charge in [0.2, 0.25) is 0 Å². The fraction of sp³-hybridized carbons (Fsp3) is 0.368. The molecule has 0 aliphatic rings. The van der Waals surface area contributed by atoms with E-state index in [1.54, 1.807) is 22.8 Å². The SMILES string of the molecule is CCN(Cc1cn(C)nn1)C(=O)c1nn(-c2ccc(C(C)C)cc2)cc1O. The Bertz CT molecular complexity index is 926. The predicted molar refractivity (Wildman–Crippen MR) is 101 cm³/mol. The van der Waals surface area contributed by atoms with Gasteiger partial charge in [0.15, 0.2) is 11.4 Å². The van der Waals surface area contributed by atoms with Crippen LogP contribution >= 0.6 is 0 Å². The highest BCUT2D eigenvalue weighted by molar-refractivity contribution is 5.94. The maximum Gasteiger partial charge on any atom is 0.278 e. The molecule has 0 aliphatic carbocycles. The number of amides is 1. The number of benzene rings is 1. The van der Waals surface area contributed by atoms with E-state index in [0.29, 0.717) is 24.7 Å². The Morgan fingerprint density at radius 3 is 2.48 bits per heavy atom. The fourth-order valence-electron chi connectivity index (χ4n) is 2.80. The molecule has 1 aromatic carbocycles. The van der Waals surface area contributed by atoms with Crippen molar-refractivity contribution in [1.82, 2.24) is 29.7 Å². The Kier molecular flexibility index (Phi) is 5.25. The summed E-state index contributed by atoms with van der Waals surface area (Å²) in [5.41, 5.74) is 2.70. The van der Waals surface area contributed by atoms with Gasteiger partial charge < -0.3 is 10.0 Å². The first-order valence-corrected chi connectivity index (χ1v) is 8.92. The highest BCUT2D eigenvalue weighted by Crippen LogP contribution is 2.22. The van der Waals surface area contributed by atoms with E-state index >= 15 is 0 Å². The predicted octanol–water partition coefficient (Wildman–Crippen LogP) is 2.49. The van der Waals surface area contributed by atoms with Crippen LogP contribution in [0.3, 0.4) is 0 Å². The van der Waals surface area contributed by atoms with Crippen molar-refractivity contribution in [2.75, 3.05) is 6.54 Å². The summed E-state index contributed by atoms with van der Waals surface area (Å²) >= 11 is 0. The Morgan fingerprint density at radius 2 is 1.93 bits per heavy atom. The highest BCUT2D eigenvalue weighted by atomic mass is 16.3. The monoisotopic (exact) mass is 368 g/mol. The molecule has 8 heteroatoms. The van der Waals surface area contributed by atoms with Gasteiger partial charge >= 0.3 is 0 Å². The van der Waals surface area contributed by atoms with Gasteiger partial charge in [-0.3, -0.25) is 9.48 Å². The van der Waals surface area contributed by atoms with Gasteiger partial charge in [0.25, 0.3) is 5.91 Å². The second-order valence-corrected chi connectivity index (χ2v) is 6.76. The molecule has 0 spiro atoms. The van der Waals surface area contributed by atoms with Crippen LogP contribution in [-0.2, 0) is 13.6 Å². The van der Waals surface area contributed by atoms with Crippen LogP contribution in [0.15, 0.2) is 36.7 Å². The molecule has 0 atom stereocenters. The molecule has 3 aromatic rings. The topological polar surface area (TPSA) is 89.1 Å². The van der Waals surface area contributed by atoms with Crippen LogP contribution in [0.5, 0.6) is 5.75 Å². The highest BCUT2D eigenvalue weighted by Gasteiger charge is 2.23. The zero-order valence-electron chi connectivity index (χ0n) is 16.0. The minimum atomic E-state index is -0.349. The molecule has 0 saturated heterocycles. The number of nitrogens with zero attached hydrogens (tertiary/aromatic N) is 6. The number of rotatable bonds is 6. The minimum absolute atomic E-state index is 0.0219. The third kappa shape index (κ3) is 3.99. The minimum Gasteiger partial charge on any atom is -0.504 e. The van der Waals surface area contributed by atoms with E-state index in [2.05, 4.69) is 29.3 Å². The van der Waals surface area contributed by atoms with Gasteiger partial charge in [-0.05, 0) is 30.5 Å². The summed E-state index contributed by atoms with van der Waals surface area (Å²) in [4.78, 5) is 14.4. The third-order valence-electron chi connectivity index (χ3n) is 4.39. The lowest BCUT2D eigenvalue weighted by Crippen LogP contribution is -2.31. The molecule has 0 aliphatic heterocycles. The van der Waals surface area contributed by atoms with Crippen LogP contribution in [-0.4, -0.2) is 47.2 Å². The second kappa shape index (κ2) is 7.61. The Balaban J connectivity index is 1.82. The van der Waals surface area contributed by atoms with E-state index in [0.717, 1.165) is 5.69 Å². The molecule has 0 saturated carbocycles. The lowest BCUT2D eigenvalue weighted by Gasteiger charge is -2.18. The van der Waals surface area contributed by atoms with E-state index in [1.165, 1.54) is 16.4 Å². The number of hydrogen-bond donors (Lipinski definition) is 1. The van der Waals surface area contributed by atoms with E-state index < -0.39 is 0 Å². The number of aryl methyl sites for hydroxylation is 1. The zero-order valence-corrected chi connectivity index (χ0v) is 16.0. The molecule has 27 heavy (non-hydrogen) atoms. The Morgan fingerprint density at radius 1 is 1.22 bits per heavy atom. The molecule has 2 heterocycles. The van der Waals surface area contributed by atoms with Gasteiger partial charge in [-0.15, -0.1) is 5.10 Å². The number of aromatic nitrogens is 5. The van der Waals surface area contributed by atoms with Crippen molar-refractivity contribution in [2.45, 2.75) is 33.2 Å². The summed E-state index contributed by atoms with van der Waals surface area (Å²) in [5, 5.41) is 22.4. The molecule has 0 fully saturated rings. The lowest BCUT2D eigenvalue weighted by molar-refractivity contribution is 0.0741. The van der Waals surface area contributed by atoms with Crippen molar-refractivity contribution in [3.8, 4) is 11.4 Å². The third-order valence-corrected chi connectivity index (χ3v) is 4.39. The van der Waals surface area contributed by atoms with E-state index in [-0.39, 0.29) is 17.4 Å². The second-order valence-electron chi connectivity index (χ2n) is 6.76. The van der Waals surface area contributed by atoms with Crippen molar-refractivity contribution in [3.63, 3.8) is 0 Å². The summed E-state index contributed by atoms with van der Waals surface area (Å²) in [5.74, 6) is -0.0647. The summed E-state index contributed by atoms with van der Waals surface area (Å²) in [6.07, 6.45) is 3.21. The van der Waals surface area contributed by atoms with Crippen LogP contribution in [0, 0.1) is 0 Å². The number of carbonyl (C=O) groups is 1.